The molecule has 4 aromatic rings. The predicted molar refractivity (Wildman–Crippen MR) is 132 cm³/mol. The van der Waals surface area contributed by atoms with Gasteiger partial charge in [0.05, 0.1) is 17.0 Å². The molecule has 33 heavy (non-hydrogen) atoms. The Bertz CT molecular complexity index is 1280. The summed E-state index contributed by atoms with van der Waals surface area (Å²) in [5, 5.41) is 5.01. The molecule has 0 bridgehead atoms. The Labute approximate surface area is 203 Å². The highest BCUT2D eigenvalue weighted by Crippen LogP contribution is 2.26. The lowest BCUT2D eigenvalue weighted by Gasteiger charge is -2.12. The molecule has 1 atom stereocenters. The van der Waals surface area contributed by atoms with E-state index in [9.17, 15) is 9.59 Å². The van der Waals surface area contributed by atoms with Crippen molar-refractivity contribution in [2.75, 3.05) is 5.32 Å². The minimum Gasteiger partial charge on any atom is -0.449 e. The first-order chi connectivity index (χ1) is 15.8. The highest BCUT2D eigenvalue weighted by Gasteiger charge is 2.20. The molecule has 0 spiro atoms. The van der Waals surface area contributed by atoms with Crippen molar-refractivity contribution in [3.63, 3.8) is 0 Å². The zero-order chi connectivity index (χ0) is 23.5. The number of rotatable bonds is 6. The molecule has 2 aromatic carbocycles. The largest absolute Gasteiger partial charge is 0.449 e. The smallest absolute Gasteiger partial charge is 0.338 e. The van der Waals surface area contributed by atoms with Crippen molar-refractivity contribution in [1.29, 1.82) is 0 Å². The van der Waals surface area contributed by atoms with Gasteiger partial charge in [0.2, 0.25) is 0 Å². The van der Waals surface area contributed by atoms with Gasteiger partial charge in [0.25, 0.3) is 5.91 Å². The van der Waals surface area contributed by atoms with Crippen LogP contribution in [-0.2, 0) is 9.53 Å². The second-order valence-electron chi connectivity index (χ2n) is 7.45. The quantitative estimate of drug-likeness (QED) is 0.312. The average molecular weight is 525 g/mol. The molecule has 7 nitrogen and oxygen atoms in total. The molecule has 2 N–H and O–H groups in total. The summed E-state index contributed by atoms with van der Waals surface area (Å²) in [4.78, 5) is 37.1. The monoisotopic (exact) mass is 524 g/mol. The van der Waals surface area contributed by atoms with Crippen LogP contribution in [0.25, 0.3) is 22.6 Å². The molecule has 0 radical (unpaired) electrons. The Morgan fingerprint density at radius 3 is 2.33 bits per heavy atom. The number of hydrogen-bond donors (Lipinski definition) is 2. The lowest BCUT2D eigenvalue weighted by molar-refractivity contribution is -0.123. The molecule has 1 amide bonds. The number of nitrogens with one attached hydrogen (secondary N) is 2. The first-order valence-corrected chi connectivity index (χ1v) is 11.8. The molecule has 0 aliphatic carbocycles. The minimum atomic E-state index is -0.979. The van der Waals surface area contributed by atoms with Crippen LogP contribution in [0.1, 0.15) is 28.7 Å². The van der Waals surface area contributed by atoms with E-state index in [2.05, 4.69) is 36.2 Å². The van der Waals surface area contributed by atoms with Gasteiger partial charge < -0.3 is 9.72 Å². The Balaban J connectivity index is 1.35. The van der Waals surface area contributed by atoms with Crippen LogP contribution < -0.4 is 5.32 Å². The molecule has 2 heterocycles. The number of aryl methyl sites for hydroxylation is 2. The van der Waals surface area contributed by atoms with Crippen molar-refractivity contribution in [2.24, 2.45) is 0 Å². The second-order valence-corrected chi connectivity index (χ2v) is 9.23. The maximum Gasteiger partial charge on any atom is 0.338 e. The lowest BCUT2D eigenvalue weighted by atomic mass is 10.1. The minimum absolute atomic E-state index is 0.352. The van der Waals surface area contributed by atoms with Crippen LogP contribution in [0.5, 0.6) is 0 Å². The topological polar surface area (TPSA) is 97.0 Å². The van der Waals surface area contributed by atoms with E-state index in [4.69, 9.17) is 4.74 Å². The highest BCUT2D eigenvalue weighted by atomic mass is 79.9. The number of H-pyrrole nitrogens is 1. The molecule has 0 aliphatic rings. The Kier molecular flexibility index (Phi) is 6.71. The van der Waals surface area contributed by atoms with Gasteiger partial charge in [0, 0.05) is 26.7 Å². The summed E-state index contributed by atoms with van der Waals surface area (Å²) in [5.74, 6) is -0.285. The summed E-state index contributed by atoms with van der Waals surface area (Å²) in [6.07, 6.45) is -0.979. The fourth-order valence-corrected chi connectivity index (χ4v) is 4.01. The number of carbonyl (C=O) groups excluding carboxylic acids is 2. The SMILES string of the molecule is Cc1nc(-c2ccc(C(=O)OC(C)C(=O)Nc3nc(-c4ccc(Br)cc4)cs3)cc2)[nH]c1C. The van der Waals surface area contributed by atoms with Crippen LogP contribution in [0.2, 0.25) is 0 Å². The van der Waals surface area contributed by atoms with E-state index in [0.717, 1.165) is 38.5 Å². The number of hydrogen-bond acceptors (Lipinski definition) is 6. The molecule has 2 aromatic heterocycles. The van der Waals surface area contributed by atoms with Crippen molar-refractivity contribution in [2.45, 2.75) is 26.9 Å². The number of thiazole rings is 1. The number of halogens is 1. The van der Waals surface area contributed by atoms with Crippen molar-refractivity contribution in [1.82, 2.24) is 15.0 Å². The zero-order valence-corrected chi connectivity index (χ0v) is 20.6. The first kappa shape index (κ1) is 22.9. The van der Waals surface area contributed by atoms with Crippen LogP contribution in [-0.4, -0.2) is 32.9 Å². The third kappa shape index (κ3) is 5.37. The normalized spacial score (nSPS) is 11.8. The molecular formula is C24H21BrN4O3S. The second kappa shape index (κ2) is 9.68. The summed E-state index contributed by atoms with van der Waals surface area (Å²) >= 11 is 4.71. The molecule has 4 rings (SSSR count). The van der Waals surface area contributed by atoms with Crippen molar-refractivity contribution >= 4 is 44.3 Å². The summed E-state index contributed by atoms with van der Waals surface area (Å²) in [7, 11) is 0. The number of esters is 1. The number of anilines is 1. The third-order valence-corrected chi connectivity index (χ3v) is 6.34. The Morgan fingerprint density at radius 1 is 1.03 bits per heavy atom. The number of benzene rings is 2. The van der Waals surface area contributed by atoms with Gasteiger partial charge in [-0.1, -0.05) is 40.2 Å². The number of carbonyl (C=O) groups is 2. The lowest BCUT2D eigenvalue weighted by Crippen LogP contribution is -2.29. The van der Waals surface area contributed by atoms with Crippen LogP contribution in [0.15, 0.2) is 58.4 Å². The van der Waals surface area contributed by atoms with Gasteiger partial charge in [-0.05, 0) is 45.0 Å². The maximum atomic E-state index is 12.5. The van der Waals surface area contributed by atoms with E-state index in [1.807, 2.05) is 43.5 Å². The van der Waals surface area contributed by atoms with E-state index < -0.39 is 18.0 Å². The molecule has 0 saturated heterocycles. The summed E-state index contributed by atoms with van der Waals surface area (Å²) in [5.41, 5.74) is 4.84. The van der Waals surface area contributed by atoms with Crippen molar-refractivity contribution in [3.8, 4) is 22.6 Å². The average Bonchev–Trinajstić information content (AvgIpc) is 3.40. The van der Waals surface area contributed by atoms with Crippen molar-refractivity contribution < 1.29 is 14.3 Å². The Morgan fingerprint density at radius 2 is 1.70 bits per heavy atom. The van der Waals surface area contributed by atoms with Gasteiger partial charge in [-0.25, -0.2) is 14.8 Å². The van der Waals surface area contributed by atoms with Crippen LogP contribution in [0.4, 0.5) is 5.13 Å². The number of imidazole rings is 1. The predicted octanol–water partition coefficient (Wildman–Crippen LogP) is 5.76. The molecule has 0 aliphatic heterocycles. The Hall–Kier alpha value is -3.30. The summed E-state index contributed by atoms with van der Waals surface area (Å²) in [6, 6.07) is 14.6. The van der Waals surface area contributed by atoms with Crippen LogP contribution in [0.3, 0.4) is 0 Å². The standard InChI is InChI=1S/C24H21BrN4O3S/c1-13-14(2)27-21(26-13)17-4-6-18(7-5-17)23(31)32-15(3)22(30)29-24-28-20(12-33-24)16-8-10-19(25)11-9-16/h4-12,15H,1-3H3,(H,26,27)(H,28,29,30). The molecule has 168 valence electrons. The fourth-order valence-electron chi connectivity index (χ4n) is 3.02. The number of aromatic nitrogens is 3. The van der Waals surface area contributed by atoms with Gasteiger partial charge in [-0.15, -0.1) is 11.3 Å². The van der Waals surface area contributed by atoms with E-state index in [1.54, 1.807) is 24.3 Å². The zero-order valence-electron chi connectivity index (χ0n) is 18.2. The highest BCUT2D eigenvalue weighted by molar-refractivity contribution is 9.10. The molecule has 1 unspecified atom stereocenters. The van der Waals surface area contributed by atoms with Crippen molar-refractivity contribution in [3.05, 3.63) is 75.3 Å². The number of amides is 1. The van der Waals surface area contributed by atoms with Gasteiger partial charge in [-0.3, -0.25) is 10.1 Å². The molecular weight excluding hydrogens is 504 g/mol. The number of aromatic amines is 1. The maximum absolute atomic E-state index is 12.5. The molecule has 0 fully saturated rings. The molecule has 0 saturated carbocycles. The van der Waals surface area contributed by atoms with E-state index in [0.29, 0.717) is 10.7 Å². The van der Waals surface area contributed by atoms with Crippen LogP contribution in [0, 0.1) is 13.8 Å². The van der Waals surface area contributed by atoms with Gasteiger partial charge in [0.1, 0.15) is 5.82 Å². The van der Waals surface area contributed by atoms with E-state index in [-0.39, 0.29) is 0 Å². The number of ether oxygens (including phenoxy) is 1. The first-order valence-electron chi connectivity index (χ1n) is 10.2. The van der Waals surface area contributed by atoms with Gasteiger partial charge in [0.15, 0.2) is 11.2 Å². The summed E-state index contributed by atoms with van der Waals surface area (Å²) < 4.78 is 6.32. The van der Waals surface area contributed by atoms with Gasteiger partial charge in [-0.2, -0.15) is 0 Å². The molecule has 9 heteroatoms. The van der Waals surface area contributed by atoms with Gasteiger partial charge >= 0.3 is 5.97 Å². The van der Waals surface area contributed by atoms with E-state index >= 15 is 0 Å². The number of nitrogens with zero attached hydrogens (tertiary/aromatic N) is 2. The summed E-state index contributed by atoms with van der Waals surface area (Å²) in [6.45, 7) is 5.41. The van der Waals surface area contributed by atoms with Crippen LogP contribution >= 0.6 is 27.3 Å². The fraction of sp³-hybridized carbons (Fsp3) is 0.167. The van der Waals surface area contributed by atoms with E-state index in [1.165, 1.54) is 18.3 Å². The third-order valence-electron chi connectivity index (χ3n) is 5.05.